The van der Waals surface area contributed by atoms with E-state index in [1.807, 2.05) is 31.2 Å². The van der Waals surface area contributed by atoms with Crippen LogP contribution in [0.5, 0.6) is 0 Å². The normalized spacial score (nSPS) is 10.5. The Balaban J connectivity index is 0.000000620. The summed E-state index contributed by atoms with van der Waals surface area (Å²) in [6.45, 7) is 16.5. The first-order valence-electron chi connectivity index (χ1n) is 7.85. The average Bonchev–Trinajstić information content (AvgIpc) is 2.98. The van der Waals surface area contributed by atoms with E-state index in [1.165, 1.54) is 12.0 Å². The second-order valence-corrected chi connectivity index (χ2v) is 6.39. The van der Waals surface area contributed by atoms with Crippen molar-refractivity contribution in [2.24, 2.45) is 0 Å². The Bertz CT molecular complexity index is 614. The third-order valence-corrected chi connectivity index (χ3v) is 3.15. The Labute approximate surface area is 162 Å². The summed E-state index contributed by atoms with van der Waals surface area (Å²) >= 11 is 0. The number of benzene rings is 1. The zero-order chi connectivity index (χ0) is 18.2. The first-order valence-corrected chi connectivity index (χ1v) is 7.85. The zero-order valence-electron chi connectivity index (χ0n) is 15.8. The number of carbonyl (C=O) groups excluding carboxylic acids is 1. The van der Waals surface area contributed by atoms with Gasteiger partial charge in [0.15, 0.2) is 0 Å². The van der Waals surface area contributed by atoms with Crippen molar-refractivity contribution in [1.82, 2.24) is 10.1 Å². The largest absolute Gasteiger partial charge is 1.00 e. The van der Waals surface area contributed by atoms with Crippen LogP contribution in [0.3, 0.4) is 0 Å². The maximum absolute atomic E-state index is 9.47. The number of aryl methyl sites for hydroxylation is 1. The molecule has 0 bridgehead atoms. The molecule has 6 heteroatoms. The van der Waals surface area contributed by atoms with E-state index in [0.29, 0.717) is 11.7 Å². The van der Waals surface area contributed by atoms with Crippen molar-refractivity contribution >= 4 is 6.47 Å². The number of hydrogen-bond acceptors (Lipinski definition) is 5. The molecule has 0 fully saturated rings. The Hall–Kier alpha value is -1.57. The van der Waals surface area contributed by atoms with E-state index in [4.69, 9.17) is 4.52 Å². The van der Waals surface area contributed by atoms with Crippen LogP contribution in [0, 0.1) is 20.8 Å². The summed E-state index contributed by atoms with van der Waals surface area (Å²) < 4.78 is 9.68. The van der Waals surface area contributed by atoms with E-state index in [9.17, 15) is 4.79 Å². The Morgan fingerprint density at radius 2 is 1.76 bits per heavy atom. The second-order valence-electron chi connectivity index (χ2n) is 6.39. The van der Waals surface area contributed by atoms with Crippen LogP contribution in [0.1, 0.15) is 51.0 Å². The van der Waals surface area contributed by atoms with Gasteiger partial charge < -0.3 is 27.9 Å². The number of nitrogens with zero attached hydrogens (tertiary/aromatic N) is 2. The Morgan fingerprint density at radius 3 is 2.16 bits per heavy atom. The van der Waals surface area contributed by atoms with Crippen molar-refractivity contribution in [3.05, 3.63) is 49.6 Å². The van der Waals surface area contributed by atoms with Gasteiger partial charge in [-0.1, -0.05) is 41.5 Å². The fourth-order valence-electron chi connectivity index (χ4n) is 1.74. The predicted molar refractivity (Wildman–Crippen MR) is 93.7 cm³/mol. The number of hydrogen-bond donors (Lipinski definition) is 0. The smallest absolute Gasteiger partial charge is 0.649 e. The van der Waals surface area contributed by atoms with Gasteiger partial charge in [0, 0.05) is 5.56 Å². The van der Waals surface area contributed by atoms with Crippen LogP contribution >= 0.6 is 0 Å². The zero-order valence-corrected chi connectivity index (χ0v) is 15.8. The van der Waals surface area contributed by atoms with Gasteiger partial charge in [-0.2, -0.15) is 17.8 Å². The number of rotatable bonds is 5. The molecule has 0 saturated carbocycles. The minimum absolute atomic E-state index is 0. The summed E-state index contributed by atoms with van der Waals surface area (Å²) in [5.41, 5.74) is 1.81. The molecule has 0 unspecified atom stereocenters. The Kier molecular flexibility index (Phi) is 10.4. The van der Waals surface area contributed by atoms with Gasteiger partial charge >= 0.3 is 18.9 Å². The molecule has 132 valence electrons. The van der Waals surface area contributed by atoms with Gasteiger partial charge in [-0.25, -0.2) is 0 Å². The molecule has 1 aromatic carbocycles. The minimum Gasteiger partial charge on any atom is -0.649 e. The topological polar surface area (TPSA) is 65.2 Å². The molecular weight excluding hydrogens is 311 g/mol. The quantitative estimate of drug-likeness (QED) is 0.611. The van der Waals surface area contributed by atoms with Crippen LogP contribution in [0.25, 0.3) is 11.4 Å². The molecule has 25 heavy (non-hydrogen) atoms. The van der Waals surface area contributed by atoms with E-state index in [-0.39, 0.29) is 30.4 Å². The molecule has 1 heterocycles. The second kappa shape index (κ2) is 11.1. The van der Waals surface area contributed by atoms with Gasteiger partial charge in [0.25, 0.3) is 0 Å². The molecule has 0 aliphatic carbocycles. The van der Waals surface area contributed by atoms with Gasteiger partial charge in [-0.15, -0.1) is 0 Å². The summed E-state index contributed by atoms with van der Waals surface area (Å²) in [6.07, 6.45) is 1.44. The van der Waals surface area contributed by atoms with Crippen molar-refractivity contribution in [2.45, 2.75) is 52.1 Å². The molecule has 2 aromatic rings. The van der Waals surface area contributed by atoms with E-state index < -0.39 is 0 Å². The summed E-state index contributed by atoms with van der Waals surface area (Å²) in [5.74, 6) is 1.42. The van der Waals surface area contributed by atoms with Crippen molar-refractivity contribution in [2.75, 3.05) is 0 Å². The molecule has 1 aromatic heterocycles. The fourth-order valence-corrected chi connectivity index (χ4v) is 1.74. The first-order chi connectivity index (χ1) is 11.3. The molecule has 0 atom stereocenters. The molecule has 0 aliphatic heterocycles. The van der Waals surface area contributed by atoms with Gasteiger partial charge in [0.2, 0.25) is 11.7 Å². The predicted octanol–water partition coefficient (Wildman–Crippen LogP) is 1.45. The van der Waals surface area contributed by atoms with Crippen molar-refractivity contribution in [3.8, 4) is 11.4 Å². The van der Waals surface area contributed by atoms with Gasteiger partial charge in [-0.05, 0) is 33.6 Å². The number of aromatic nitrogens is 2. The standard InChI is InChI=1S/C14H16N2O.C5H9O2.Li/c1-4-11(5-2)14-15-13(16-17-14)12-8-6-10(3)7-9-12;1-5(2,3)7-4-6;/h6-9,11H,1-2,4-5H2,3H3;1-3H3;/q-2;-1;+1. The summed E-state index contributed by atoms with van der Waals surface area (Å²) in [4.78, 5) is 13.9. The third-order valence-electron chi connectivity index (χ3n) is 3.15. The number of ether oxygens (including phenoxy) is 1. The monoisotopic (exact) mass is 336 g/mol. The van der Waals surface area contributed by atoms with Crippen LogP contribution in [-0.4, -0.2) is 22.2 Å². The third kappa shape index (κ3) is 8.38. The molecule has 5 nitrogen and oxygen atoms in total. The average molecular weight is 336 g/mol. The molecular formula is C19H25LiN2O3-2. The van der Waals surface area contributed by atoms with Gasteiger partial charge in [0.1, 0.15) is 0 Å². The SMILES string of the molecule is CC(C)(C)O[C-]=O.[CH2-]CC(C[CH2-])c1nc(-c2ccc(C)cc2)no1.[Li+]. The minimum atomic E-state index is -0.373. The molecule has 2 rings (SSSR count). The summed E-state index contributed by atoms with van der Waals surface area (Å²) in [6, 6.07) is 8.05. The molecule has 0 aliphatic rings. The van der Waals surface area contributed by atoms with E-state index in [1.54, 1.807) is 20.8 Å². The molecule has 0 radical (unpaired) electrons. The maximum Gasteiger partial charge on any atom is 1.00 e. The summed E-state index contributed by atoms with van der Waals surface area (Å²) in [5, 5.41) is 3.99. The van der Waals surface area contributed by atoms with E-state index >= 15 is 0 Å². The van der Waals surface area contributed by atoms with Crippen LogP contribution < -0.4 is 18.9 Å². The van der Waals surface area contributed by atoms with Crippen LogP contribution in [0.2, 0.25) is 0 Å². The van der Waals surface area contributed by atoms with Crippen molar-refractivity contribution in [1.29, 1.82) is 0 Å². The van der Waals surface area contributed by atoms with Crippen LogP contribution in [0.15, 0.2) is 28.8 Å². The fraction of sp³-hybridized carbons (Fsp3) is 0.421. The van der Waals surface area contributed by atoms with Crippen molar-refractivity contribution in [3.63, 3.8) is 0 Å². The molecule has 0 N–H and O–H groups in total. The van der Waals surface area contributed by atoms with E-state index in [2.05, 4.69) is 28.7 Å². The molecule has 0 saturated heterocycles. The van der Waals surface area contributed by atoms with Gasteiger partial charge in [-0.3, -0.25) is 0 Å². The molecule has 0 amide bonds. The van der Waals surface area contributed by atoms with Crippen LogP contribution in [-0.2, 0) is 9.53 Å². The van der Waals surface area contributed by atoms with E-state index in [0.717, 1.165) is 18.4 Å². The first kappa shape index (κ1) is 23.4. The molecule has 0 spiro atoms. The Morgan fingerprint density at radius 1 is 1.20 bits per heavy atom. The van der Waals surface area contributed by atoms with Gasteiger partial charge in [0.05, 0.1) is 5.60 Å². The maximum atomic E-state index is 9.47. The van der Waals surface area contributed by atoms with Crippen LogP contribution in [0.4, 0.5) is 0 Å². The summed E-state index contributed by atoms with van der Waals surface area (Å²) in [7, 11) is 0. The van der Waals surface area contributed by atoms with Crippen molar-refractivity contribution < 1.29 is 32.9 Å².